The Morgan fingerprint density at radius 3 is 2.69 bits per heavy atom. The van der Waals surface area contributed by atoms with E-state index in [1.807, 2.05) is 0 Å². The number of nitrogens with zero attached hydrogens (tertiary/aromatic N) is 2. The molecule has 0 aliphatic heterocycles. The molecular weight excluding hydrogens is 232 g/mol. The van der Waals surface area contributed by atoms with Gasteiger partial charge in [0.25, 0.3) is 5.69 Å². The molecule has 0 spiro atoms. The Bertz CT molecular complexity index is 507. The maximum atomic E-state index is 11.2. The van der Waals surface area contributed by atoms with Crippen LogP contribution in [0.1, 0.15) is 15.9 Å². The van der Waals surface area contributed by atoms with Crippen molar-refractivity contribution in [2.45, 2.75) is 4.90 Å². The maximum Gasteiger partial charge on any atom is 0.339 e. The fraction of sp³-hybridized carbons (Fsp3) is 0.111. The fourth-order valence-corrected chi connectivity index (χ4v) is 1.45. The van der Waals surface area contributed by atoms with Crippen LogP contribution in [0, 0.1) is 21.4 Å². The zero-order chi connectivity index (χ0) is 12.3. The van der Waals surface area contributed by atoms with E-state index in [2.05, 4.69) is 17.4 Å². The SMILES string of the molecule is COC(=O)c1ccc([N+](=O)[O-])c(C#N)c1S. The highest BCUT2D eigenvalue weighted by Crippen LogP contribution is 2.27. The molecule has 0 saturated heterocycles. The van der Waals surface area contributed by atoms with E-state index in [-0.39, 0.29) is 21.7 Å². The van der Waals surface area contributed by atoms with E-state index in [1.165, 1.54) is 13.2 Å². The van der Waals surface area contributed by atoms with Crippen LogP contribution < -0.4 is 0 Å². The largest absolute Gasteiger partial charge is 0.465 e. The lowest BCUT2D eigenvalue weighted by atomic mass is 10.1. The van der Waals surface area contributed by atoms with Gasteiger partial charge >= 0.3 is 5.97 Å². The van der Waals surface area contributed by atoms with Crippen molar-refractivity contribution in [2.24, 2.45) is 0 Å². The Hall–Kier alpha value is -2.07. The van der Waals surface area contributed by atoms with Crippen molar-refractivity contribution in [1.82, 2.24) is 0 Å². The van der Waals surface area contributed by atoms with Crippen molar-refractivity contribution in [3.8, 4) is 6.07 Å². The van der Waals surface area contributed by atoms with Gasteiger partial charge in [0.2, 0.25) is 0 Å². The number of nitro groups is 1. The summed E-state index contributed by atoms with van der Waals surface area (Å²) >= 11 is 3.92. The third-order valence-electron chi connectivity index (χ3n) is 1.87. The number of esters is 1. The summed E-state index contributed by atoms with van der Waals surface area (Å²) in [7, 11) is 1.17. The molecule has 1 aromatic carbocycles. The smallest absolute Gasteiger partial charge is 0.339 e. The lowest BCUT2D eigenvalue weighted by Gasteiger charge is -2.04. The number of hydrogen-bond acceptors (Lipinski definition) is 6. The average molecular weight is 238 g/mol. The number of nitriles is 1. The Morgan fingerprint density at radius 1 is 1.62 bits per heavy atom. The Balaban J connectivity index is 3.48. The summed E-state index contributed by atoms with van der Waals surface area (Å²) in [5.74, 6) is -0.698. The minimum Gasteiger partial charge on any atom is -0.465 e. The van der Waals surface area contributed by atoms with E-state index in [9.17, 15) is 14.9 Å². The molecule has 0 amide bonds. The van der Waals surface area contributed by atoms with Crippen LogP contribution in [0.2, 0.25) is 0 Å². The van der Waals surface area contributed by atoms with Gasteiger partial charge in [-0.1, -0.05) is 0 Å². The predicted octanol–water partition coefficient (Wildman–Crippen LogP) is 1.54. The second-order valence-electron chi connectivity index (χ2n) is 2.72. The molecule has 0 saturated carbocycles. The summed E-state index contributed by atoms with van der Waals surface area (Å²) in [5, 5.41) is 19.4. The van der Waals surface area contributed by atoms with Crippen LogP contribution in [-0.4, -0.2) is 18.0 Å². The van der Waals surface area contributed by atoms with Gasteiger partial charge in [-0.15, -0.1) is 12.6 Å². The van der Waals surface area contributed by atoms with Crippen molar-refractivity contribution in [3.05, 3.63) is 33.4 Å². The summed E-state index contributed by atoms with van der Waals surface area (Å²) < 4.78 is 4.45. The van der Waals surface area contributed by atoms with Gasteiger partial charge in [-0.3, -0.25) is 10.1 Å². The molecular formula is C9H6N2O4S. The van der Waals surface area contributed by atoms with Gasteiger partial charge in [-0.25, -0.2) is 4.79 Å². The molecule has 7 heteroatoms. The van der Waals surface area contributed by atoms with Gasteiger partial charge in [0.15, 0.2) is 0 Å². The molecule has 0 radical (unpaired) electrons. The number of benzene rings is 1. The highest BCUT2D eigenvalue weighted by molar-refractivity contribution is 7.80. The summed E-state index contributed by atoms with van der Waals surface area (Å²) in [5.41, 5.74) is -0.621. The van der Waals surface area contributed by atoms with Crippen LogP contribution in [0.5, 0.6) is 0 Å². The molecule has 0 aliphatic rings. The number of ether oxygens (including phenoxy) is 1. The van der Waals surface area contributed by atoms with Crippen LogP contribution >= 0.6 is 12.6 Å². The number of carbonyl (C=O) groups is 1. The summed E-state index contributed by atoms with van der Waals surface area (Å²) in [6.45, 7) is 0. The second-order valence-corrected chi connectivity index (χ2v) is 3.16. The number of rotatable bonds is 2. The Kier molecular flexibility index (Phi) is 3.48. The molecule has 1 aromatic rings. The van der Waals surface area contributed by atoms with E-state index in [4.69, 9.17) is 5.26 Å². The first-order chi connectivity index (χ1) is 7.52. The van der Waals surface area contributed by atoms with Crippen molar-refractivity contribution in [1.29, 1.82) is 5.26 Å². The monoisotopic (exact) mass is 238 g/mol. The zero-order valence-corrected chi connectivity index (χ0v) is 9.02. The first-order valence-electron chi connectivity index (χ1n) is 4.01. The van der Waals surface area contributed by atoms with Crippen molar-refractivity contribution < 1.29 is 14.5 Å². The highest BCUT2D eigenvalue weighted by Gasteiger charge is 2.22. The number of nitro benzene ring substituents is 1. The van der Waals surface area contributed by atoms with Crippen LogP contribution in [-0.2, 0) is 4.74 Å². The van der Waals surface area contributed by atoms with E-state index in [1.54, 1.807) is 6.07 Å². The topological polar surface area (TPSA) is 93.2 Å². The molecule has 0 N–H and O–H groups in total. The minimum atomic E-state index is -0.709. The van der Waals surface area contributed by atoms with Crippen LogP contribution in [0.3, 0.4) is 0 Å². The lowest BCUT2D eigenvalue weighted by Crippen LogP contribution is -2.05. The van der Waals surface area contributed by atoms with E-state index >= 15 is 0 Å². The Labute approximate surface area is 96.0 Å². The number of thiol groups is 1. The fourth-order valence-electron chi connectivity index (χ4n) is 1.12. The molecule has 6 nitrogen and oxygen atoms in total. The van der Waals surface area contributed by atoms with Gasteiger partial charge in [0.1, 0.15) is 11.6 Å². The van der Waals surface area contributed by atoms with E-state index in [0.717, 1.165) is 6.07 Å². The average Bonchev–Trinajstić information content (AvgIpc) is 2.27. The molecule has 0 fully saturated rings. The molecule has 0 aliphatic carbocycles. The summed E-state index contributed by atoms with van der Waals surface area (Å²) in [4.78, 5) is 21.1. The van der Waals surface area contributed by atoms with Gasteiger partial charge < -0.3 is 4.74 Å². The van der Waals surface area contributed by atoms with Gasteiger partial charge in [0, 0.05) is 11.0 Å². The molecule has 16 heavy (non-hydrogen) atoms. The summed E-state index contributed by atoms with van der Waals surface area (Å²) in [6, 6.07) is 3.91. The van der Waals surface area contributed by atoms with E-state index < -0.39 is 10.9 Å². The molecule has 0 aromatic heterocycles. The van der Waals surface area contributed by atoms with Crippen LogP contribution in [0.25, 0.3) is 0 Å². The Morgan fingerprint density at radius 2 is 2.25 bits per heavy atom. The highest BCUT2D eigenvalue weighted by atomic mass is 32.1. The molecule has 0 unspecified atom stereocenters. The van der Waals surface area contributed by atoms with Crippen LogP contribution in [0.15, 0.2) is 17.0 Å². The zero-order valence-electron chi connectivity index (χ0n) is 8.13. The van der Waals surface area contributed by atoms with Gasteiger partial charge in [-0.2, -0.15) is 5.26 Å². The first-order valence-corrected chi connectivity index (χ1v) is 4.46. The predicted molar refractivity (Wildman–Crippen MR) is 56.4 cm³/mol. The first kappa shape index (κ1) is 12.0. The number of carbonyl (C=O) groups excluding carboxylic acids is 1. The van der Waals surface area contributed by atoms with Crippen molar-refractivity contribution >= 4 is 24.3 Å². The number of methoxy groups -OCH3 is 1. The molecule has 0 heterocycles. The van der Waals surface area contributed by atoms with Crippen molar-refractivity contribution in [2.75, 3.05) is 7.11 Å². The van der Waals surface area contributed by atoms with E-state index in [0.29, 0.717) is 0 Å². The van der Waals surface area contributed by atoms with Crippen molar-refractivity contribution in [3.63, 3.8) is 0 Å². The molecule has 82 valence electrons. The quantitative estimate of drug-likeness (QED) is 0.365. The second kappa shape index (κ2) is 4.63. The lowest BCUT2D eigenvalue weighted by molar-refractivity contribution is -0.385. The van der Waals surface area contributed by atoms with Gasteiger partial charge in [0.05, 0.1) is 17.6 Å². The van der Waals surface area contributed by atoms with Crippen LogP contribution in [0.4, 0.5) is 5.69 Å². The molecule has 0 atom stereocenters. The normalized spacial score (nSPS) is 9.31. The molecule has 0 bridgehead atoms. The third-order valence-corrected chi connectivity index (χ3v) is 2.33. The maximum absolute atomic E-state index is 11.2. The summed E-state index contributed by atoms with van der Waals surface area (Å²) in [6.07, 6.45) is 0. The molecule has 1 rings (SSSR count). The minimum absolute atomic E-state index is 0.0213. The standard InChI is InChI=1S/C9H6N2O4S/c1-15-9(12)5-2-3-7(11(13)14)6(4-10)8(5)16/h2-3,16H,1H3. The van der Waals surface area contributed by atoms with Gasteiger partial charge in [-0.05, 0) is 6.07 Å². The third kappa shape index (κ3) is 1.97. The number of hydrogen-bond donors (Lipinski definition) is 1.